The van der Waals surface area contributed by atoms with Crippen molar-refractivity contribution in [3.05, 3.63) is 92.4 Å². The van der Waals surface area contributed by atoms with E-state index in [1.165, 1.54) is 36.4 Å². The molecule has 0 aliphatic carbocycles. The van der Waals surface area contributed by atoms with Crippen molar-refractivity contribution in [2.45, 2.75) is 24.5 Å². The van der Waals surface area contributed by atoms with Crippen LogP contribution in [-0.2, 0) is 27.5 Å². The summed E-state index contributed by atoms with van der Waals surface area (Å²) in [5.41, 5.74) is -0.547. The number of hydrogen-bond acceptors (Lipinski definition) is 3. The maximum Gasteiger partial charge on any atom is 0.418 e. The molecule has 1 N–H and O–H groups in total. The molecule has 3 rings (SSSR count). The van der Waals surface area contributed by atoms with E-state index in [0.29, 0.717) is 16.7 Å². The molecule has 0 aromatic heterocycles. The number of carbonyl (C=O) groups is 1. The average molecular weight is 566 g/mol. The summed E-state index contributed by atoms with van der Waals surface area (Å²) < 4.78 is 67.8. The van der Waals surface area contributed by atoms with Crippen LogP contribution in [0.25, 0.3) is 0 Å². The van der Waals surface area contributed by atoms with Crippen molar-refractivity contribution in [1.29, 1.82) is 0 Å². The van der Waals surface area contributed by atoms with Crippen LogP contribution in [0.4, 0.5) is 18.9 Å². The Morgan fingerprint density at radius 1 is 0.943 bits per heavy atom. The zero-order valence-electron chi connectivity index (χ0n) is 18.0. The highest BCUT2D eigenvalue weighted by Gasteiger charge is 2.35. The predicted molar refractivity (Wildman–Crippen MR) is 130 cm³/mol. The average Bonchev–Trinajstić information content (AvgIpc) is 2.75. The standard InChI is InChI=1S/C23H18Cl3F3N2O3S/c1-14-2-7-18(8-3-14)35(33,34)31(12-15-4-5-17(25)11-20(15)26)13-22(32)30-21-9-6-16(24)10-19(21)23(27,28)29/h2-11H,12-13H2,1H3,(H,30,32). The van der Waals surface area contributed by atoms with Gasteiger partial charge in [-0.3, -0.25) is 4.79 Å². The minimum atomic E-state index is -4.79. The second-order valence-corrected chi connectivity index (χ2v) is 10.8. The molecular weight excluding hydrogens is 548 g/mol. The first-order valence-corrected chi connectivity index (χ1v) is 12.5. The van der Waals surface area contributed by atoms with E-state index in [4.69, 9.17) is 34.8 Å². The first-order chi connectivity index (χ1) is 16.3. The summed E-state index contributed by atoms with van der Waals surface area (Å²) >= 11 is 17.8. The van der Waals surface area contributed by atoms with Crippen LogP contribution in [0.3, 0.4) is 0 Å². The van der Waals surface area contributed by atoms with Gasteiger partial charge in [-0.1, -0.05) is 58.6 Å². The van der Waals surface area contributed by atoms with Crippen LogP contribution in [0.1, 0.15) is 16.7 Å². The Kier molecular flexibility index (Phi) is 8.39. The number of anilines is 1. The number of alkyl halides is 3. The normalized spacial score (nSPS) is 12.1. The number of nitrogens with zero attached hydrogens (tertiary/aromatic N) is 1. The van der Waals surface area contributed by atoms with Gasteiger partial charge in [0.05, 0.1) is 22.7 Å². The van der Waals surface area contributed by atoms with E-state index in [1.54, 1.807) is 19.1 Å². The van der Waals surface area contributed by atoms with Crippen molar-refractivity contribution in [3.8, 4) is 0 Å². The van der Waals surface area contributed by atoms with Crippen molar-refractivity contribution < 1.29 is 26.4 Å². The third-order valence-corrected chi connectivity index (χ3v) is 7.53. The van der Waals surface area contributed by atoms with Crippen LogP contribution in [0.15, 0.2) is 65.6 Å². The molecule has 3 aromatic rings. The summed E-state index contributed by atoms with van der Waals surface area (Å²) in [5, 5.41) is 2.46. The Labute approximate surface area is 215 Å². The van der Waals surface area contributed by atoms with E-state index in [9.17, 15) is 26.4 Å². The number of sulfonamides is 1. The third kappa shape index (κ3) is 6.89. The highest BCUT2D eigenvalue weighted by Crippen LogP contribution is 2.36. The maximum absolute atomic E-state index is 13.4. The zero-order chi connectivity index (χ0) is 26.0. The summed E-state index contributed by atoms with van der Waals surface area (Å²) in [4.78, 5) is 12.7. The molecule has 0 saturated heterocycles. The summed E-state index contributed by atoms with van der Waals surface area (Å²) in [6.45, 7) is 0.668. The number of rotatable bonds is 7. The van der Waals surface area contributed by atoms with Gasteiger partial charge in [0.15, 0.2) is 0 Å². The molecule has 0 fully saturated rings. The van der Waals surface area contributed by atoms with Gasteiger partial charge in [0.1, 0.15) is 0 Å². The van der Waals surface area contributed by atoms with E-state index in [1.807, 2.05) is 0 Å². The van der Waals surface area contributed by atoms with Crippen LogP contribution < -0.4 is 5.32 Å². The molecule has 0 spiro atoms. The summed E-state index contributed by atoms with van der Waals surface area (Å²) in [6, 6.07) is 13.2. The van der Waals surface area contributed by atoms with Gasteiger partial charge in [0.25, 0.3) is 0 Å². The number of aryl methyl sites for hydroxylation is 1. The minimum absolute atomic E-state index is 0.0940. The third-order valence-electron chi connectivity index (χ3n) is 4.90. The minimum Gasteiger partial charge on any atom is -0.324 e. The Morgan fingerprint density at radius 2 is 1.54 bits per heavy atom. The topological polar surface area (TPSA) is 66.5 Å². The second-order valence-electron chi connectivity index (χ2n) is 7.56. The van der Waals surface area contributed by atoms with Crippen molar-refractivity contribution >= 4 is 56.4 Å². The molecule has 0 aliphatic rings. The van der Waals surface area contributed by atoms with Crippen LogP contribution in [0.5, 0.6) is 0 Å². The summed E-state index contributed by atoms with van der Waals surface area (Å²) in [7, 11) is -4.24. The van der Waals surface area contributed by atoms with Crippen LogP contribution in [0.2, 0.25) is 15.1 Å². The first-order valence-electron chi connectivity index (χ1n) is 9.95. The SMILES string of the molecule is Cc1ccc(S(=O)(=O)N(CC(=O)Nc2ccc(Cl)cc2C(F)(F)F)Cc2ccc(Cl)cc2Cl)cc1. The van der Waals surface area contributed by atoms with Crippen molar-refractivity contribution in [2.24, 2.45) is 0 Å². The molecule has 35 heavy (non-hydrogen) atoms. The van der Waals surface area contributed by atoms with E-state index >= 15 is 0 Å². The van der Waals surface area contributed by atoms with Crippen molar-refractivity contribution in [2.75, 3.05) is 11.9 Å². The molecule has 0 unspecified atom stereocenters. The number of hydrogen-bond donors (Lipinski definition) is 1. The molecule has 0 bridgehead atoms. The summed E-state index contributed by atoms with van der Waals surface area (Å²) in [5.74, 6) is -0.987. The lowest BCUT2D eigenvalue weighted by Gasteiger charge is -2.23. The number of benzene rings is 3. The number of nitrogens with one attached hydrogen (secondary N) is 1. The number of carbonyl (C=O) groups excluding carboxylic acids is 1. The highest BCUT2D eigenvalue weighted by atomic mass is 35.5. The molecule has 3 aromatic carbocycles. The highest BCUT2D eigenvalue weighted by molar-refractivity contribution is 7.89. The number of amides is 1. The van der Waals surface area contributed by atoms with Crippen LogP contribution in [-0.4, -0.2) is 25.2 Å². The predicted octanol–water partition coefficient (Wildman–Crippen LogP) is 6.80. The van der Waals surface area contributed by atoms with Gasteiger partial charge in [-0.15, -0.1) is 0 Å². The van der Waals surface area contributed by atoms with Crippen LogP contribution in [0, 0.1) is 6.92 Å². The molecule has 0 aliphatic heterocycles. The van der Waals surface area contributed by atoms with Gasteiger partial charge in [-0.2, -0.15) is 17.5 Å². The second kappa shape index (κ2) is 10.8. The zero-order valence-corrected chi connectivity index (χ0v) is 21.1. The molecule has 1 amide bonds. The fourth-order valence-electron chi connectivity index (χ4n) is 3.13. The molecule has 0 saturated carbocycles. The van der Waals surface area contributed by atoms with Gasteiger partial charge < -0.3 is 5.32 Å². The Morgan fingerprint density at radius 3 is 2.14 bits per heavy atom. The lowest BCUT2D eigenvalue weighted by Crippen LogP contribution is -2.38. The summed E-state index contributed by atoms with van der Waals surface area (Å²) in [6.07, 6.45) is -4.79. The Bertz CT molecular complexity index is 1350. The molecule has 0 radical (unpaired) electrons. The molecule has 12 heteroatoms. The van der Waals surface area contributed by atoms with Gasteiger partial charge in [-0.05, 0) is 55.0 Å². The largest absolute Gasteiger partial charge is 0.418 e. The fourth-order valence-corrected chi connectivity index (χ4v) is 5.15. The maximum atomic E-state index is 13.4. The Balaban J connectivity index is 1.95. The molecule has 5 nitrogen and oxygen atoms in total. The lowest BCUT2D eigenvalue weighted by molar-refractivity contribution is -0.137. The Hall–Kier alpha value is -2.30. The van der Waals surface area contributed by atoms with E-state index in [-0.39, 0.29) is 21.5 Å². The number of halogens is 6. The molecular formula is C23H18Cl3F3N2O3S. The van der Waals surface area contributed by atoms with E-state index < -0.39 is 39.9 Å². The van der Waals surface area contributed by atoms with Crippen LogP contribution >= 0.6 is 34.8 Å². The molecule has 186 valence electrons. The molecule has 0 heterocycles. The van der Waals surface area contributed by atoms with E-state index in [0.717, 1.165) is 15.9 Å². The van der Waals surface area contributed by atoms with Gasteiger partial charge in [0, 0.05) is 21.6 Å². The van der Waals surface area contributed by atoms with E-state index in [2.05, 4.69) is 5.32 Å². The molecule has 0 atom stereocenters. The van der Waals surface area contributed by atoms with Crippen molar-refractivity contribution in [1.82, 2.24) is 4.31 Å². The smallest absolute Gasteiger partial charge is 0.324 e. The fraction of sp³-hybridized carbons (Fsp3) is 0.174. The van der Waals surface area contributed by atoms with Crippen molar-refractivity contribution in [3.63, 3.8) is 0 Å². The van der Waals surface area contributed by atoms with Gasteiger partial charge >= 0.3 is 6.18 Å². The van der Waals surface area contributed by atoms with Gasteiger partial charge in [-0.25, -0.2) is 8.42 Å². The van der Waals surface area contributed by atoms with Gasteiger partial charge in [0.2, 0.25) is 15.9 Å². The monoisotopic (exact) mass is 564 g/mol. The quantitative estimate of drug-likeness (QED) is 0.342. The lowest BCUT2D eigenvalue weighted by atomic mass is 10.1. The first kappa shape index (κ1) is 27.3.